The third kappa shape index (κ3) is 6.11. The van der Waals surface area contributed by atoms with E-state index in [2.05, 4.69) is 13.8 Å². The van der Waals surface area contributed by atoms with E-state index in [0.29, 0.717) is 29.9 Å². The number of benzene rings is 2. The van der Waals surface area contributed by atoms with E-state index in [9.17, 15) is 9.59 Å². The van der Waals surface area contributed by atoms with Gasteiger partial charge in [-0.2, -0.15) is 0 Å². The maximum Gasteiger partial charge on any atom is 0.341 e. The molecule has 6 nitrogen and oxygen atoms in total. The van der Waals surface area contributed by atoms with E-state index in [-0.39, 0.29) is 29.9 Å². The summed E-state index contributed by atoms with van der Waals surface area (Å²) in [7, 11) is 3.11. The van der Waals surface area contributed by atoms with Gasteiger partial charge in [-0.3, -0.25) is 4.79 Å². The van der Waals surface area contributed by atoms with Crippen LogP contribution in [0.1, 0.15) is 44.7 Å². The molecule has 0 saturated heterocycles. The van der Waals surface area contributed by atoms with Crippen molar-refractivity contribution in [1.82, 2.24) is 0 Å². The average Bonchev–Trinajstić information content (AvgIpc) is 3.19. The Kier molecular flexibility index (Phi) is 9.23. The van der Waals surface area contributed by atoms with Crippen LogP contribution in [0.5, 0.6) is 11.5 Å². The first-order chi connectivity index (χ1) is 17.3. The largest absolute Gasteiger partial charge is 0.496 e. The normalized spacial score (nSPS) is 18.5. The van der Waals surface area contributed by atoms with Crippen LogP contribution in [0.2, 0.25) is 0 Å². The van der Waals surface area contributed by atoms with Crippen LogP contribution < -0.4 is 9.47 Å². The minimum absolute atomic E-state index is 0.00565. The molecule has 0 bridgehead atoms. The second kappa shape index (κ2) is 12.3. The Morgan fingerprint density at radius 2 is 1.72 bits per heavy atom. The molecule has 0 unspecified atom stereocenters. The van der Waals surface area contributed by atoms with Crippen LogP contribution in [-0.4, -0.2) is 37.4 Å². The number of allylic oxidation sites excluding steroid dienone is 3. The van der Waals surface area contributed by atoms with Crippen LogP contribution in [0.3, 0.4) is 0 Å². The fourth-order valence-corrected chi connectivity index (χ4v) is 4.52. The molecule has 3 rings (SSSR count). The fraction of sp³-hybridized carbons (Fsp3) is 0.367. The molecule has 0 spiro atoms. The van der Waals surface area contributed by atoms with E-state index in [4.69, 9.17) is 19.2 Å². The number of hydrogen-bond donors (Lipinski definition) is 0. The molecule has 0 saturated carbocycles. The van der Waals surface area contributed by atoms with Crippen molar-refractivity contribution in [2.24, 2.45) is 16.8 Å². The summed E-state index contributed by atoms with van der Waals surface area (Å²) in [4.78, 5) is 30.9. The summed E-state index contributed by atoms with van der Waals surface area (Å²) < 4.78 is 17.0. The lowest BCUT2D eigenvalue weighted by molar-refractivity contribution is -0.140. The lowest BCUT2D eigenvalue weighted by atomic mass is 9.75. The molecule has 0 aliphatic carbocycles. The molecule has 2 atom stereocenters. The molecular weight excluding hydrogens is 454 g/mol. The topological polar surface area (TPSA) is 74.2 Å². The van der Waals surface area contributed by atoms with Crippen molar-refractivity contribution in [3.8, 4) is 11.5 Å². The molecule has 0 N–H and O–H groups in total. The molecule has 1 heterocycles. The number of aliphatic imine (C=N–C) groups is 1. The maximum absolute atomic E-state index is 13.8. The molecule has 2 aromatic carbocycles. The zero-order valence-electron chi connectivity index (χ0n) is 21.7. The Morgan fingerprint density at radius 1 is 1.06 bits per heavy atom. The first kappa shape index (κ1) is 26.9. The molecule has 1 aliphatic rings. The second-order valence-electron chi connectivity index (χ2n) is 9.27. The molecule has 6 heteroatoms. The molecule has 36 heavy (non-hydrogen) atoms. The number of nitrogens with zero attached hydrogens (tertiary/aromatic N) is 1. The van der Waals surface area contributed by atoms with Gasteiger partial charge in [0.25, 0.3) is 0 Å². The van der Waals surface area contributed by atoms with Crippen molar-refractivity contribution in [3.63, 3.8) is 0 Å². The molecule has 1 aliphatic heterocycles. The summed E-state index contributed by atoms with van der Waals surface area (Å²) in [5, 5.41) is 0. The van der Waals surface area contributed by atoms with E-state index in [1.807, 2.05) is 55.5 Å². The Morgan fingerprint density at radius 3 is 2.31 bits per heavy atom. The minimum atomic E-state index is -1.20. The van der Waals surface area contributed by atoms with Crippen molar-refractivity contribution in [3.05, 3.63) is 84.0 Å². The SMILES string of the molecule is C/C=C/C(=O)C/C=C/[C@@H](CC(C)C)[C@@]1(Cc2ccccc2)N=C(c2c(OC)cccc2OC)OC1=O. The van der Waals surface area contributed by atoms with Gasteiger partial charge in [-0.25, -0.2) is 9.79 Å². The second-order valence-corrected chi connectivity index (χ2v) is 9.27. The van der Waals surface area contributed by atoms with Crippen LogP contribution in [0, 0.1) is 11.8 Å². The predicted octanol–water partition coefficient (Wildman–Crippen LogP) is 5.74. The molecule has 0 aromatic heterocycles. The molecule has 190 valence electrons. The molecule has 0 fully saturated rings. The Bertz CT molecular complexity index is 1130. The highest BCUT2D eigenvalue weighted by molar-refractivity contribution is 6.11. The highest BCUT2D eigenvalue weighted by Gasteiger charge is 2.52. The number of hydrogen-bond acceptors (Lipinski definition) is 6. The Labute approximate surface area is 213 Å². The van der Waals surface area contributed by atoms with E-state index >= 15 is 0 Å². The number of methoxy groups -OCH3 is 2. The smallest absolute Gasteiger partial charge is 0.341 e. The first-order valence-corrected chi connectivity index (χ1v) is 12.2. The number of carbonyl (C=O) groups excluding carboxylic acids is 2. The van der Waals surface area contributed by atoms with Crippen molar-refractivity contribution < 1.29 is 23.8 Å². The molecule has 0 radical (unpaired) electrons. The van der Waals surface area contributed by atoms with Gasteiger partial charge >= 0.3 is 5.97 Å². The standard InChI is InChI=1S/C30H35NO5/c1-6-12-24(32)16-10-15-23(19-21(2)3)30(20-22-13-8-7-9-14-22)29(33)36-28(31-30)27-25(34-4)17-11-18-26(27)35-5/h6-15,17-18,21,23H,16,19-20H2,1-5H3/b12-6+,15-10+/t23-,30+/m0/s1. The van der Waals surface area contributed by atoms with Gasteiger partial charge in [0.05, 0.1) is 14.2 Å². The van der Waals surface area contributed by atoms with Gasteiger partial charge in [-0.05, 0) is 43.0 Å². The summed E-state index contributed by atoms with van der Waals surface area (Å²) in [5.41, 5.74) is 0.271. The zero-order valence-corrected chi connectivity index (χ0v) is 21.7. The van der Waals surface area contributed by atoms with Gasteiger partial charge < -0.3 is 14.2 Å². The number of cyclic esters (lactones) is 1. The average molecular weight is 490 g/mol. The third-order valence-electron chi connectivity index (χ3n) is 6.18. The van der Waals surface area contributed by atoms with Crippen LogP contribution in [0.25, 0.3) is 0 Å². The predicted molar refractivity (Wildman–Crippen MR) is 142 cm³/mol. The van der Waals surface area contributed by atoms with Crippen molar-refractivity contribution in [2.75, 3.05) is 14.2 Å². The van der Waals surface area contributed by atoms with Crippen LogP contribution >= 0.6 is 0 Å². The van der Waals surface area contributed by atoms with E-state index in [1.165, 1.54) is 0 Å². The van der Waals surface area contributed by atoms with Crippen LogP contribution in [0.4, 0.5) is 0 Å². The fourth-order valence-electron chi connectivity index (χ4n) is 4.52. The molecule has 0 amide bonds. The minimum Gasteiger partial charge on any atom is -0.496 e. The summed E-state index contributed by atoms with van der Waals surface area (Å²) in [6.07, 6.45) is 8.38. The number of carbonyl (C=O) groups is 2. The third-order valence-corrected chi connectivity index (χ3v) is 6.18. The van der Waals surface area contributed by atoms with Crippen LogP contribution in [0.15, 0.2) is 77.8 Å². The van der Waals surface area contributed by atoms with Gasteiger partial charge in [0.1, 0.15) is 17.1 Å². The highest BCUT2D eigenvalue weighted by atomic mass is 16.6. The van der Waals surface area contributed by atoms with E-state index < -0.39 is 11.5 Å². The Hall–Kier alpha value is -3.67. The summed E-state index contributed by atoms with van der Waals surface area (Å²) >= 11 is 0. The van der Waals surface area contributed by atoms with Gasteiger partial charge in [0.15, 0.2) is 11.3 Å². The maximum atomic E-state index is 13.8. The van der Waals surface area contributed by atoms with Gasteiger partial charge in [0, 0.05) is 18.8 Å². The Balaban J connectivity index is 2.15. The molecule has 2 aromatic rings. The highest BCUT2D eigenvalue weighted by Crippen LogP contribution is 2.41. The molecular formula is C30H35NO5. The van der Waals surface area contributed by atoms with Crippen molar-refractivity contribution in [1.29, 1.82) is 0 Å². The van der Waals surface area contributed by atoms with Gasteiger partial charge in [-0.1, -0.05) is 68.5 Å². The number of esters is 1. The van der Waals surface area contributed by atoms with Crippen molar-refractivity contribution >= 4 is 17.7 Å². The van der Waals surface area contributed by atoms with Crippen molar-refractivity contribution in [2.45, 2.75) is 45.6 Å². The quantitative estimate of drug-likeness (QED) is 0.216. The lowest BCUT2D eigenvalue weighted by Crippen LogP contribution is -2.44. The monoisotopic (exact) mass is 489 g/mol. The lowest BCUT2D eigenvalue weighted by Gasteiger charge is -2.31. The number of ether oxygens (including phenoxy) is 3. The van der Waals surface area contributed by atoms with E-state index in [0.717, 1.165) is 5.56 Å². The summed E-state index contributed by atoms with van der Waals surface area (Å²) in [6.45, 7) is 6.03. The number of rotatable bonds is 12. The summed E-state index contributed by atoms with van der Waals surface area (Å²) in [5.74, 6) is 0.759. The number of ketones is 1. The zero-order chi connectivity index (χ0) is 26.1. The first-order valence-electron chi connectivity index (χ1n) is 12.2. The van der Waals surface area contributed by atoms with Gasteiger partial charge in [0.2, 0.25) is 5.90 Å². The van der Waals surface area contributed by atoms with E-state index in [1.54, 1.807) is 38.5 Å². The van der Waals surface area contributed by atoms with Crippen LogP contribution in [-0.2, 0) is 20.7 Å². The van der Waals surface area contributed by atoms with Gasteiger partial charge in [-0.15, -0.1) is 0 Å². The summed E-state index contributed by atoms with van der Waals surface area (Å²) in [6, 6.07) is 15.2.